The van der Waals surface area contributed by atoms with Crippen molar-refractivity contribution in [1.29, 1.82) is 0 Å². The van der Waals surface area contributed by atoms with Gasteiger partial charge in [-0.1, -0.05) is 30.0 Å². The lowest BCUT2D eigenvalue weighted by Crippen LogP contribution is -2.45. The molecule has 0 radical (unpaired) electrons. The molecular weight excluding hydrogens is 516 g/mol. The lowest BCUT2D eigenvalue weighted by Gasteiger charge is -2.37. The summed E-state index contributed by atoms with van der Waals surface area (Å²) in [4.78, 5) is 28.6. The number of carbonyl (C=O) groups is 2. The predicted octanol–water partition coefficient (Wildman–Crippen LogP) is 4.89. The summed E-state index contributed by atoms with van der Waals surface area (Å²) in [6.45, 7) is 3.50. The quantitative estimate of drug-likeness (QED) is 0.197. The Morgan fingerprint density at radius 3 is 2.26 bits per heavy atom. The van der Waals surface area contributed by atoms with Crippen molar-refractivity contribution in [2.24, 2.45) is 4.99 Å². The molecular formula is C27H33F2N3O5S. The van der Waals surface area contributed by atoms with Crippen LogP contribution in [-0.2, 0) is 9.59 Å². The number of carboxylic acids is 2. The fourth-order valence-electron chi connectivity index (χ4n) is 3.76. The fraction of sp³-hybridized carbons (Fsp3) is 0.370. The maximum Gasteiger partial charge on any atom is 0.328 e. The highest BCUT2D eigenvalue weighted by Gasteiger charge is 2.24. The van der Waals surface area contributed by atoms with Crippen LogP contribution in [0.25, 0.3) is 0 Å². The van der Waals surface area contributed by atoms with E-state index in [1.807, 2.05) is 30.3 Å². The lowest BCUT2D eigenvalue weighted by atomic mass is 10.0. The van der Waals surface area contributed by atoms with Gasteiger partial charge in [-0.25, -0.2) is 23.4 Å². The van der Waals surface area contributed by atoms with Crippen LogP contribution in [0.2, 0.25) is 0 Å². The number of piperidine rings is 1. The third kappa shape index (κ3) is 11.3. The van der Waals surface area contributed by atoms with Crippen molar-refractivity contribution in [3.05, 3.63) is 72.3 Å². The summed E-state index contributed by atoms with van der Waals surface area (Å²) < 4.78 is 31.7. The van der Waals surface area contributed by atoms with Gasteiger partial charge in [0.05, 0.1) is 12.3 Å². The molecule has 0 bridgehead atoms. The molecule has 1 aliphatic heterocycles. The molecule has 2 aromatic carbocycles. The zero-order chi connectivity index (χ0) is 27.9. The van der Waals surface area contributed by atoms with E-state index in [1.165, 1.54) is 6.07 Å². The van der Waals surface area contributed by atoms with Gasteiger partial charge in [-0.3, -0.25) is 0 Å². The third-order valence-electron chi connectivity index (χ3n) is 5.72. The van der Waals surface area contributed by atoms with Crippen LogP contribution in [-0.4, -0.2) is 82.7 Å². The highest BCUT2D eigenvalue weighted by atomic mass is 32.2. The Morgan fingerprint density at radius 1 is 1.08 bits per heavy atom. The molecule has 3 rings (SSSR count). The SMILES string of the molecule is CSC(=Nc1ccccc1)N(C)C1CCN(CCCOc2ccc(F)c(F)c2)CC1.O=C(O)C=CC(=O)O. The Balaban J connectivity index is 0.000000550. The number of para-hydroxylation sites is 1. The monoisotopic (exact) mass is 549 g/mol. The number of benzene rings is 2. The zero-order valence-electron chi connectivity index (χ0n) is 21.4. The van der Waals surface area contributed by atoms with Gasteiger partial charge >= 0.3 is 11.9 Å². The van der Waals surface area contributed by atoms with Crippen LogP contribution in [0.1, 0.15) is 19.3 Å². The number of ether oxygens (including phenoxy) is 1. The van der Waals surface area contributed by atoms with E-state index in [1.54, 1.807) is 11.8 Å². The van der Waals surface area contributed by atoms with E-state index in [4.69, 9.17) is 19.9 Å². The van der Waals surface area contributed by atoms with Crippen LogP contribution in [0.3, 0.4) is 0 Å². The maximum atomic E-state index is 13.2. The molecule has 0 unspecified atom stereocenters. The average Bonchev–Trinajstić information content (AvgIpc) is 2.91. The molecule has 0 aliphatic carbocycles. The van der Waals surface area contributed by atoms with Crippen molar-refractivity contribution in [3.63, 3.8) is 0 Å². The molecule has 206 valence electrons. The summed E-state index contributed by atoms with van der Waals surface area (Å²) in [7, 11) is 2.13. The van der Waals surface area contributed by atoms with Crippen molar-refractivity contribution < 1.29 is 33.3 Å². The van der Waals surface area contributed by atoms with Gasteiger partial charge in [-0.2, -0.15) is 0 Å². The summed E-state index contributed by atoms with van der Waals surface area (Å²) >= 11 is 1.68. The van der Waals surface area contributed by atoms with Crippen LogP contribution in [0.4, 0.5) is 14.5 Å². The third-order valence-corrected chi connectivity index (χ3v) is 6.46. The van der Waals surface area contributed by atoms with Gasteiger partial charge in [-0.05, 0) is 49.8 Å². The van der Waals surface area contributed by atoms with Gasteiger partial charge in [0.25, 0.3) is 0 Å². The average molecular weight is 550 g/mol. The van der Waals surface area contributed by atoms with E-state index in [0.29, 0.717) is 30.6 Å². The number of rotatable bonds is 9. The Labute approximate surface area is 225 Å². The molecule has 0 atom stereocenters. The summed E-state index contributed by atoms with van der Waals surface area (Å²) in [5.41, 5.74) is 0.979. The molecule has 11 heteroatoms. The number of nitrogens with zero attached hydrogens (tertiary/aromatic N) is 3. The van der Waals surface area contributed by atoms with Gasteiger partial charge in [0.1, 0.15) is 5.75 Å². The van der Waals surface area contributed by atoms with Gasteiger partial charge in [0.2, 0.25) is 0 Å². The minimum absolute atomic E-state index is 0.372. The fourth-order valence-corrected chi connectivity index (χ4v) is 4.39. The Kier molecular flexibility index (Phi) is 13.3. The number of halogens is 2. The van der Waals surface area contributed by atoms with Crippen molar-refractivity contribution in [3.8, 4) is 5.75 Å². The Bertz CT molecular complexity index is 1080. The van der Waals surface area contributed by atoms with E-state index in [-0.39, 0.29) is 0 Å². The van der Waals surface area contributed by atoms with Crippen LogP contribution in [0.5, 0.6) is 5.75 Å². The molecule has 2 N–H and O–H groups in total. The first-order valence-corrected chi connectivity index (χ1v) is 13.3. The largest absolute Gasteiger partial charge is 0.493 e. The normalized spacial score (nSPS) is 14.6. The van der Waals surface area contributed by atoms with Gasteiger partial charge < -0.3 is 24.7 Å². The van der Waals surface area contributed by atoms with Crippen LogP contribution in [0.15, 0.2) is 65.7 Å². The lowest BCUT2D eigenvalue weighted by molar-refractivity contribution is -0.134. The second-order valence-electron chi connectivity index (χ2n) is 8.41. The molecule has 1 aliphatic rings. The minimum atomic E-state index is -1.26. The molecule has 1 fully saturated rings. The first-order chi connectivity index (χ1) is 18.2. The molecule has 0 aromatic heterocycles. The zero-order valence-corrected chi connectivity index (χ0v) is 22.2. The van der Waals surface area contributed by atoms with Gasteiger partial charge in [0.15, 0.2) is 16.8 Å². The second-order valence-corrected chi connectivity index (χ2v) is 9.18. The van der Waals surface area contributed by atoms with E-state index in [9.17, 15) is 18.4 Å². The number of thioether (sulfide) groups is 1. The molecule has 1 heterocycles. The number of amidine groups is 1. The van der Waals surface area contributed by atoms with Crippen molar-refractivity contribution >= 4 is 34.6 Å². The standard InChI is InChI=1S/C23H29F2N3OS.C4H4O4/c1-27(23(30-2)26-18-7-4-3-5-8-18)19-11-14-28(15-12-19)13-6-16-29-20-9-10-21(24)22(25)17-20;5-3(6)1-2-4(7)8/h3-5,7-10,17,19H,6,11-16H2,1-2H3;1-2H,(H,5,6)(H,7,8). The summed E-state index contributed by atoms with van der Waals surface area (Å²) in [6.07, 6.45) is 6.22. The highest BCUT2D eigenvalue weighted by molar-refractivity contribution is 8.13. The number of hydrogen-bond acceptors (Lipinski definition) is 6. The highest BCUT2D eigenvalue weighted by Crippen LogP contribution is 2.22. The van der Waals surface area contributed by atoms with Gasteiger partial charge in [-0.15, -0.1) is 0 Å². The number of hydrogen-bond donors (Lipinski definition) is 2. The van der Waals surface area contributed by atoms with E-state index in [2.05, 4.69) is 23.1 Å². The molecule has 8 nitrogen and oxygen atoms in total. The molecule has 0 amide bonds. The first-order valence-electron chi connectivity index (χ1n) is 12.0. The molecule has 0 saturated carbocycles. The second kappa shape index (κ2) is 16.4. The molecule has 38 heavy (non-hydrogen) atoms. The number of likely N-dealkylation sites (tertiary alicyclic amines) is 1. The van der Waals surface area contributed by atoms with Crippen molar-refractivity contribution in [1.82, 2.24) is 9.80 Å². The molecule has 0 spiro atoms. The van der Waals surface area contributed by atoms with Crippen molar-refractivity contribution in [2.75, 3.05) is 39.5 Å². The van der Waals surface area contributed by atoms with Crippen molar-refractivity contribution in [2.45, 2.75) is 25.3 Å². The number of carboxylic acid groups (broad SMARTS) is 2. The van der Waals surface area contributed by atoms with Gasteiger partial charge in [0, 0.05) is 50.9 Å². The minimum Gasteiger partial charge on any atom is -0.493 e. The Morgan fingerprint density at radius 2 is 1.71 bits per heavy atom. The van der Waals surface area contributed by atoms with Crippen LogP contribution in [0, 0.1) is 11.6 Å². The topological polar surface area (TPSA) is 103 Å². The van der Waals surface area contributed by atoms with Crippen LogP contribution >= 0.6 is 11.8 Å². The summed E-state index contributed by atoms with van der Waals surface area (Å²) in [5, 5.41) is 16.7. The maximum absolute atomic E-state index is 13.2. The van der Waals surface area contributed by atoms with E-state index >= 15 is 0 Å². The van der Waals surface area contributed by atoms with E-state index in [0.717, 1.165) is 61.9 Å². The molecule has 1 saturated heterocycles. The Hall–Kier alpha value is -3.44. The summed E-state index contributed by atoms with van der Waals surface area (Å²) in [5.74, 6) is -3.87. The van der Waals surface area contributed by atoms with E-state index < -0.39 is 23.6 Å². The number of aliphatic imine (C=N–C) groups is 1. The molecule has 2 aromatic rings. The first kappa shape index (κ1) is 30.8. The number of aliphatic carboxylic acids is 2. The smallest absolute Gasteiger partial charge is 0.328 e. The predicted molar refractivity (Wildman–Crippen MR) is 145 cm³/mol. The van der Waals surface area contributed by atoms with Crippen LogP contribution < -0.4 is 4.74 Å². The summed E-state index contributed by atoms with van der Waals surface area (Å²) in [6, 6.07) is 14.2.